The molecule has 0 radical (unpaired) electrons. The third-order valence-electron chi connectivity index (χ3n) is 2.42. The molecule has 0 fully saturated rings. The quantitative estimate of drug-likeness (QED) is 0.735. The summed E-state index contributed by atoms with van der Waals surface area (Å²) in [7, 11) is 5.93. The molecule has 1 atom stereocenters. The molecule has 15 heavy (non-hydrogen) atoms. The van der Waals surface area contributed by atoms with Gasteiger partial charge in [-0.3, -0.25) is 0 Å². The topological polar surface area (TPSA) is 12.5 Å². The lowest BCUT2D eigenvalue weighted by Crippen LogP contribution is -2.21. The molecule has 1 aromatic carbocycles. The van der Waals surface area contributed by atoms with Gasteiger partial charge < -0.3 is 9.64 Å². The van der Waals surface area contributed by atoms with Crippen LogP contribution in [0.5, 0.6) is 5.75 Å². The molecule has 0 saturated carbocycles. The second-order valence-electron chi connectivity index (χ2n) is 4.42. The van der Waals surface area contributed by atoms with Crippen LogP contribution < -0.4 is 4.74 Å². The van der Waals surface area contributed by atoms with Crippen LogP contribution >= 0.6 is 0 Å². The van der Waals surface area contributed by atoms with E-state index in [-0.39, 0.29) is 0 Å². The van der Waals surface area contributed by atoms with Gasteiger partial charge in [0.2, 0.25) is 0 Å². The van der Waals surface area contributed by atoms with Crippen molar-refractivity contribution < 1.29 is 4.74 Å². The van der Waals surface area contributed by atoms with Gasteiger partial charge in [-0.2, -0.15) is 0 Å². The summed E-state index contributed by atoms with van der Waals surface area (Å²) in [6, 6.07) is 8.34. The van der Waals surface area contributed by atoms with Crippen molar-refractivity contribution in [2.24, 2.45) is 5.92 Å². The third-order valence-corrected chi connectivity index (χ3v) is 2.42. The molecule has 0 saturated heterocycles. The molecule has 2 nitrogen and oxygen atoms in total. The van der Waals surface area contributed by atoms with E-state index in [1.165, 1.54) is 5.56 Å². The molecule has 0 aromatic heterocycles. The van der Waals surface area contributed by atoms with E-state index in [9.17, 15) is 0 Å². The first-order chi connectivity index (χ1) is 7.11. The summed E-state index contributed by atoms with van der Waals surface area (Å²) >= 11 is 0. The summed E-state index contributed by atoms with van der Waals surface area (Å²) < 4.78 is 5.13. The molecule has 0 aliphatic heterocycles. The van der Waals surface area contributed by atoms with Gasteiger partial charge in [0.25, 0.3) is 0 Å². The van der Waals surface area contributed by atoms with Crippen LogP contribution in [0.15, 0.2) is 24.3 Å². The third kappa shape index (κ3) is 4.34. The molecule has 0 N–H and O–H groups in total. The minimum Gasteiger partial charge on any atom is -0.497 e. The average molecular weight is 207 g/mol. The number of hydrogen-bond acceptors (Lipinski definition) is 2. The summed E-state index contributed by atoms with van der Waals surface area (Å²) in [5.74, 6) is 1.62. The molecule has 0 bridgehead atoms. The highest BCUT2D eigenvalue weighted by atomic mass is 16.5. The Balaban J connectivity index is 2.49. The Hall–Kier alpha value is -1.02. The lowest BCUT2D eigenvalue weighted by Gasteiger charge is -2.16. The van der Waals surface area contributed by atoms with Crippen LogP contribution in [0.25, 0.3) is 0 Å². The van der Waals surface area contributed by atoms with Crippen molar-refractivity contribution in [1.82, 2.24) is 4.90 Å². The summed E-state index contributed by atoms with van der Waals surface area (Å²) in [6.45, 7) is 3.41. The van der Waals surface area contributed by atoms with Crippen molar-refractivity contribution in [3.8, 4) is 5.75 Å². The molecular weight excluding hydrogens is 186 g/mol. The number of hydrogen-bond donors (Lipinski definition) is 0. The molecule has 0 aliphatic carbocycles. The van der Waals surface area contributed by atoms with Crippen LogP contribution in [-0.2, 0) is 6.42 Å². The number of nitrogens with zero attached hydrogens (tertiary/aromatic N) is 1. The fourth-order valence-corrected chi connectivity index (χ4v) is 1.85. The van der Waals surface area contributed by atoms with Crippen LogP contribution in [0.1, 0.15) is 12.5 Å². The van der Waals surface area contributed by atoms with E-state index in [0.29, 0.717) is 5.92 Å². The van der Waals surface area contributed by atoms with E-state index in [1.54, 1.807) is 7.11 Å². The molecule has 84 valence electrons. The summed E-state index contributed by atoms with van der Waals surface area (Å²) in [4.78, 5) is 2.23. The normalized spacial score (nSPS) is 12.9. The molecular formula is C13H21NO. The Morgan fingerprint density at radius 1 is 1.20 bits per heavy atom. The molecule has 0 spiro atoms. The van der Waals surface area contributed by atoms with Gasteiger partial charge in [0.1, 0.15) is 5.75 Å². The Labute approximate surface area is 92.9 Å². The SMILES string of the molecule is COc1ccc(C[C@H](C)CN(C)C)cc1. The highest BCUT2D eigenvalue weighted by molar-refractivity contribution is 5.27. The minimum atomic E-state index is 0.688. The summed E-state index contributed by atoms with van der Waals surface area (Å²) in [5.41, 5.74) is 1.38. The van der Waals surface area contributed by atoms with Crippen LogP contribution in [0.2, 0.25) is 0 Å². The van der Waals surface area contributed by atoms with E-state index in [1.807, 2.05) is 12.1 Å². The maximum absolute atomic E-state index is 5.13. The average Bonchev–Trinajstić information content (AvgIpc) is 2.17. The van der Waals surface area contributed by atoms with Crippen molar-refractivity contribution in [2.45, 2.75) is 13.3 Å². The van der Waals surface area contributed by atoms with E-state index >= 15 is 0 Å². The highest BCUT2D eigenvalue weighted by Gasteiger charge is 2.04. The molecule has 0 amide bonds. The van der Waals surface area contributed by atoms with E-state index in [0.717, 1.165) is 18.7 Å². The predicted molar refractivity (Wildman–Crippen MR) is 64.4 cm³/mol. The van der Waals surface area contributed by atoms with Gasteiger partial charge in [-0.25, -0.2) is 0 Å². The van der Waals surface area contributed by atoms with Gasteiger partial charge in [-0.05, 0) is 44.1 Å². The van der Waals surface area contributed by atoms with Gasteiger partial charge in [0.15, 0.2) is 0 Å². The Bertz CT molecular complexity index is 279. The lowest BCUT2D eigenvalue weighted by atomic mass is 10.0. The highest BCUT2D eigenvalue weighted by Crippen LogP contribution is 2.14. The predicted octanol–water partition coefficient (Wildman–Crippen LogP) is 2.44. The van der Waals surface area contributed by atoms with Crippen LogP contribution in [0.3, 0.4) is 0 Å². The van der Waals surface area contributed by atoms with Gasteiger partial charge in [0, 0.05) is 6.54 Å². The van der Waals surface area contributed by atoms with Crippen molar-refractivity contribution in [1.29, 1.82) is 0 Å². The van der Waals surface area contributed by atoms with Crippen molar-refractivity contribution in [2.75, 3.05) is 27.7 Å². The second-order valence-corrected chi connectivity index (χ2v) is 4.42. The number of ether oxygens (including phenoxy) is 1. The van der Waals surface area contributed by atoms with Crippen LogP contribution in [0.4, 0.5) is 0 Å². The monoisotopic (exact) mass is 207 g/mol. The number of methoxy groups -OCH3 is 1. The number of benzene rings is 1. The van der Waals surface area contributed by atoms with E-state index in [2.05, 4.69) is 38.1 Å². The van der Waals surface area contributed by atoms with Gasteiger partial charge in [-0.15, -0.1) is 0 Å². The Morgan fingerprint density at radius 2 is 1.80 bits per heavy atom. The first-order valence-electron chi connectivity index (χ1n) is 5.39. The molecule has 0 unspecified atom stereocenters. The molecule has 1 aromatic rings. The standard InChI is InChI=1S/C13H21NO/c1-11(10-14(2)3)9-12-5-7-13(15-4)8-6-12/h5-8,11H,9-10H2,1-4H3/t11-/m0/s1. The van der Waals surface area contributed by atoms with Crippen LogP contribution in [0, 0.1) is 5.92 Å². The van der Waals surface area contributed by atoms with Gasteiger partial charge in [-0.1, -0.05) is 19.1 Å². The number of rotatable bonds is 5. The van der Waals surface area contributed by atoms with Crippen molar-refractivity contribution in [3.05, 3.63) is 29.8 Å². The van der Waals surface area contributed by atoms with Crippen LogP contribution in [-0.4, -0.2) is 32.6 Å². The maximum atomic E-state index is 5.13. The largest absolute Gasteiger partial charge is 0.497 e. The Morgan fingerprint density at radius 3 is 2.27 bits per heavy atom. The summed E-state index contributed by atoms with van der Waals surface area (Å²) in [6.07, 6.45) is 1.13. The van der Waals surface area contributed by atoms with Crippen molar-refractivity contribution >= 4 is 0 Å². The van der Waals surface area contributed by atoms with Crippen molar-refractivity contribution in [3.63, 3.8) is 0 Å². The van der Waals surface area contributed by atoms with Gasteiger partial charge in [0.05, 0.1) is 7.11 Å². The minimum absolute atomic E-state index is 0.688. The first kappa shape index (κ1) is 12.1. The second kappa shape index (κ2) is 5.76. The molecule has 1 rings (SSSR count). The molecule has 2 heteroatoms. The smallest absolute Gasteiger partial charge is 0.118 e. The first-order valence-corrected chi connectivity index (χ1v) is 5.39. The fraction of sp³-hybridized carbons (Fsp3) is 0.538. The lowest BCUT2D eigenvalue weighted by molar-refractivity contribution is 0.338. The molecule has 0 heterocycles. The zero-order chi connectivity index (χ0) is 11.3. The van der Waals surface area contributed by atoms with E-state index < -0.39 is 0 Å². The zero-order valence-electron chi connectivity index (χ0n) is 10.2. The van der Waals surface area contributed by atoms with E-state index in [4.69, 9.17) is 4.74 Å². The zero-order valence-corrected chi connectivity index (χ0v) is 10.2. The fourth-order valence-electron chi connectivity index (χ4n) is 1.85. The van der Waals surface area contributed by atoms with Gasteiger partial charge >= 0.3 is 0 Å². The summed E-state index contributed by atoms with van der Waals surface area (Å²) in [5, 5.41) is 0. The molecule has 0 aliphatic rings. The Kier molecular flexibility index (Phi) is 4.63. The maximum Gasteiger partial charge on any atom is 0.118 e.